The van der Waals surface area contributed by atoms with Gasteiger partial charge in [0.1, 0.15) is 0 Å². The van der Waals surface area contributed by atoms with Gasteiger partial charge in [-0.15, -0.1) is 0 Å². The molecule has 0 atom stereocenters. The molecule has 0 aliphatic rings. The molecule has 0 saturated heterocycles. The Morgan fingerprint density at radius 1 is 1.05 bits per heavy atom. The lowest BCUT2D eigenvalue weighted by Gasteiger charge is -2.08. The third-order valence-corrected chi connectivity index (χ3v) is 4.58. The number of fused-ring (bicyclic) bond motifs is 4. The molecule has 0 aliphatic carbocycles. The van der Waals surface area contributed by atoms with Crippen molar-refractivity contribution in [1.82, 2.24) is 9.97 Å². The van der Waals surface area contributed by atoms with E-state index in [1.165, 1.54) is 27.3 Å². The van der Waals surface area contributed by atoms with Gasteiger partial charge in [0.05, 0.1) is 5.52 Å². The number of aromatic nitrogens is 2. The molecule has 0 spiro atoms. The van der Waals surface area contributed by atoms with Crippen LogP contribution in [0.25, 0.3) is 32.6 Å². The second-order valence-corrected chi connectivity index (χ2v) is 5.86. The van der Waals surface area contributed by atoms with Crippen LogP contribution >= 0.6 is 0 Å². The van der Waals surface area contributed by atoms with Crippen molar-refractivity contribution >= 4 is 38.4 Å². The van der Waals surface area contributed by atoms with E-state index in [-0.39, 0.29) is 5.78 Å². The minimum Gasteiger partial charge on any atom is -0.354 e. The van der Waals surface area contributed by atoms with Crippen LogP contribution in [0.15, 0.2) is 36.7 Å². The third kappa shape index (κ3) is 1.62. The maximum Gasteiger partial charge on any atom is 0.159 e. The van der Waals surface area contributed by atoms with E-state index in [1.54, 1.807) is 6.92 Å². The number of H-pyrrole nitrogens is 1. The molecule has 0 saturated carbocycles. The van der Waals surface area contributed by atoms with Crippen LogP contribution in [-0.4, -0.2) is 15.8 Å². The average Bonchev–Trinajstić information content (AvgIpc) is 2.91. The van der Waals surface area contributed by atoms with Gasteiger partial charge in [0.15, 0.2) is 5.78 Å². The van der Waals surface area contributed by atoms with Crippen LogP contribution in [0.2, 0.25) is 0 Å². The minimum atomic E-state index is 0.0908. The number of nitrogens with one attached hydrogen (secondary N) is 1. The molecule has 0 fully saturated rings. The second-order valence-electron chi connectivity index (χ2n) is 5.86. The standard InChI is InChI=1S/C19H16N2O/c1-10-16-9-20-7-6-14(16)11(2)19-18(10)15-8-13(12(3)22)4-5-17(15)21-19/h4-9,21H,1-3H3. The Kier molecular flexibility index (Phi) is 2.61. The van der Waals surface area contributed by atoms with Crippen molar-refractivity contribution in [3.63, 3.8) is 0 Å². The highest BCUT2D eigenvalue weighted by Crippen LogP contribution is 2.36. The fraction of sp³-hybridized carbons (Fsp3) is 0.158. The van der Waals surface area contributed by atoms with Crippen LogP contribution in [0.1, 0.15) is 28.4 Å². The van der Waals surface area contributed by atoms with E-state index < -0.39 is 0 Å². The van der Waals surface area contributed by atoms with Gasteiger partial charge in [-0.1, -0.05) is 0 Å². The molecule has 2 aromatic heterocycles. The lowest BCUT2D eigenvalue weighted by atomic mass is 9.96. The van der Waals surface area contributed by atoms with Crippen LogP contribution < -0.4 is 0 Å². The Labute approximate surface area is 128 Å². The van der Waals surface area contributed by atoms with Gasteiger partial charge in [0.2, 0.25) is 0 Å². The molecule has 0 radical (unpaired) electrons. The first-order valence-corrected chi connectivity index (χ1v) is 7.37. The molecule has 22 heavy (non-hydrogen) atoms. The SMILES string of the molecule is CC(=O)c1ccc2[nH]c3c(C)c4ccncc4c(C)c3c2c1. The van der Waals surface area contributed by atoms with E-state index in [1.807, 2.05) is 30.6 Å². The van der Waals surface area contributed by atoms with E-state index in [9.17, 15) is 4.79 Å². The Bertz CT molecular complexity index is 1070. The van der Waals surface area contributed by atoms with Gasteiger partial charge in [0, 0.05) is 39.6 Å². The number of pyridine rings is 1. The van der Waals surface area contributed by atoms with Crippen LogP contribution in [-0.2, 0) is 0 Å². The van der Waals surface area contributed by atoms with Gasteiger partial charge in [-0.3, -0.25) is 9.78 Å². The number of hydrogen-bond donors (Lipinski definition) is 1. The Morgan fingerprint density at radius 2 is 1.86 bits per heavy atom. The van der Waals surface area contributed by atoms with E-state index in [4.69, 9.17) is 0 Å². The van der Waals surface area contributed by atoms with Crippen LogP contribution in [0.3, 0.4) is 0 Å². The maximum absolute atomic E-state index is 11.7. The van der Waals surface area contributed by atoms with E-state index in [2.05, 4.69) is 29.9 Å². The molecular weight excluding hydrogens is 272 g/mol. The fourth-order valence-corrected chi connectivity index (χ4v) is 3.37. The second kappa shape index (κ2) is 4.41. The van der Waals surface area contributed by atoms with Crippen molar-refractivity contribution in [3.05, 3.63) is 53.3 Å². The molecule has 0 aliphatic heterocycles. The number of hydrogen-bond acceptors (Lipinski definition) is 2. The summed E-state index contributed by atoms with van der Waals surface area (Å²) in [6.07, 6.45) is 3.75. The molecule has 0 amide bonds. The highest BCUT2D eigenvalue weighted by Gasteiger charge is 2.14. The number of nitrogens with zero attached hydrogens (tertiary/aromatic N) is 1. The minimum absolute atomic E-state index is 0.0908. The van der Waals surface area contributed by atoms with Gasteiger partial charge in [-0.25, -0.2) is 0 Å². The summed E-state index contributed by atoms with van der Waals surface area (Å²) in [6, 6.07) is 7.93. The number of carbonyl (C=O) groups is 1. The molecule has 2 aromatic carbocycles. The molecule has 4 aromatic rings. The Balaban J connectivity index is 2.27. The monoisotopic (exact) mass is 288 g/mol. The zero-order valence-electron chi connectivity index (χ0n) is 12.8. The zero-order valence-corrected chi connectivity index (χ0v) is 12.8. The lowest BCUT2D eigenvalue weighted by molar-refractivity contribution is 0.101. The van der Waals surface area contributed by atoms with E-state index >= 15 is 0 Å². The van der Waals surface area contributed by atoms with Crippen molar-refractivity contribution in [2.75, 3.05) is 0 Å². The Hall–Kier alpha value is -2.68. The zero-order chi connectivity index (χ0) is 15.4. The van der Waals surface area contributed by atoms with Gasteiger partial charge in [0.25, 0.3) is 0 Å². The van der Waals surface area contributed by atoms with Crippen molar-refractivity contribution < 1.29 is 4.79 Å². The van der Waals surface area contributed by atoms with Gasteiger partial charge >= 0.3 is 0 Å². The van der Waals surface area contributed by atoms with E-state index in [0.717, 1.165) is 22.0 Å². The summed E-state index contributed by atoms with van der Waals surface area (Å²) < 4.78 is 0. The summed E-state index contributed by atoms with van der Waals surface area (Å²) in [5.74, 6) is 0.0908. The molecule has 1 N–H and O–H groups in total. The largest absolute Gasteiger partial charge is 0.354 e. The number of ketones is 1. The van der Waals surface area contributed by atoms with Crippen LogP contribution in [0.5, 0.6) is 0 Å². The summed E-state index contributed by atoms with van der Waals surface area (Å²) in [5.41, 5.74) is 5.38. The first-order chi connectivity index (χ1) is 10.6. The summed E-state index contributed by atoms with van der Waals surface area (Å²) in [6.45, 7) is 5.86. The van der Waals surface area contributed by atoms with Crippen molar-refractivity contribution in [2.24, 2.45) is 0 Å². The molecule has 3 heteroatoms. The molecule has 2 heterocycles. The van der Waals surface area contributed by atoms with Gasteiger partial charge < -0.3 is 4.98 Å². The summed E-state index contributed by atoms with van der Waals surface area (Å²) in [7, 11) is 0. The maximum atomic E-state index is 11.7. The summed E-state index contributed by atoms with van der Waals surface area (Å²) in [4.78, 5) is 19.5. The summed E-state index contributed by atoms with van der Waals surface area (Å²) in [5, 5.41) is 4.69. The topological polar surface area (TPSA) is 45.8 Å². The number of benzene rings is 2. The highest BCUT2D eigenvalue weighted by molar-refractivity contribution is 6.17. The summed E-state index contributed by atoms with van der Waals surface area (Å²) >= 11 is 0. The predicted octanol–water partition coefficient (Wildman–Crippen LogP) is 4.69. The average molecular weight is 288 g/mol. The highest BCUT2D eigenvalue weighted by atomic mass is 16.1. The van der Waals surface area contributed by atoms with Gasteiger partial charge in [-0.2, -0.15) is 0 Å². The van der Waals surface area contributed by atoms with E-state index in [0.29, 0.717) is 0 Å². The number of Topliss-reactive ketones (excluding diaryl/α,β-unsaturated/α-hetero) is 1. The number of aromatic amines is 1. The molecule has 3 nitrogen and oxygen atoms in total. The van der Waals surface area contributed by atoms with Crippen molar-refractivity contribution in [3.8, 4) is 0 Å². The van der Waals surface area contributed by atoms with Crippen molar-refractivity contribution in [1.29, 1.82) is 0 Å². The molecule has 0 bridgehead atoms. The fourth-order valence-electron chi connectivity index (χ4n) is 3.37. The third-order valence-electron chi connectivity index (χ3n) is 4.58. The van der Waals surface area contributed by atoms with Crippen LogP contribution in [0, 0.1) is 13.8 Å². The Morgan fingerprint density at radius 3 is 2.64 bits per heavy atom. The number of rotatable bonds is 1. The predicted molar refractivity (Wildman–Crippen MR) is 90.6 cm³/mol. The normalized spacial score (nSPS) is 11.6. The molecule has 108 valence electrons. The van der Waals surface area contributed by atoms with Crippen LogP contribution in [0.4, 0.5) is 0 Å². The number of carbonyl (C=O) groups excluding carboxylic acids is 1. The first-order valence-electron chi connectivity index (χ1n) is 7.37. The lowest BCUT2D eigenvalue weighted by Crippen LogP contribution is -1.90. The van der Waals surface area contributed by atoms with Gasteiger partial charge in [-0.05, 0) is 61.5 Å². The quantitative estimate of drug-likeness (QED) is 0.516. The van der Waals surface area contributed by atoms with Crippen molar-refractivity contribution in [2.45, 2.75) is 20.8 Å². The molecular formula is C19H16N2O. The smallest absolute Gasteiger partial charge is 0.159 e. The molecule has 0 unspecified atom stereocenters. The first kappa shape index (κ1) is 13.0. The number of aryl methyl sites for hydroxylation is 2. The molecule has 4 rings (SSSR count).